The summed E-state index contributed by atoms with van der Waals surface area (Å²) >= 11 is 0. The number of likely N-dealkylation sites (tertiary alicyclic amines) is 1. The van der Waals surface area contributed by atoms with E-state index in [-0.39, 0.29) is 19.7 Å². The Balaban J connectivity index is 0.000000271. The van der Waals surface area contributed by atoms with E-state index in [1.165, 1.54) is 0 Å². The Morgan fingerprint density at radius 2 is 1.41 bits per heavy atom. The Bertz CT molecular complexity index is 422. The predicted molar refractivity (Wildman–Crippen MR) is 90.0 cm³/mol. The van der Waals surface area contributed by atoms with Crippen molar-refractivity contribution in [2.24, 2.45) is 11.8 Å². The third kappa shape index (κ3) is 6.78. The molecule has 0 unspecified atom stereocenters. The fraction of sp³-hybridized carbons (Fsp3) is 1.00. The molecule has 0 N–H and O–H groups in total. The van der Waals surface area contributed by atoms with E-state index < -0.39 is 24.2 Å². The van der Waals surface area contributed by atoms with Crippen LogP contribution in [0, 0.1) is 11.8 Å². The zero-order valence-corrected chi connectivity index (χ0v) is 16.3. The lowest BCUT2D eigenvalue weighted by atomic mass is 9.82. The van der Waals surface area contributed by atoms with E-state index in [0.717, 1.165) is 19.3 Å². The first-order chi connectivity index (χ1) is 12.5. The van der Waals surface area contributed by atoms with E-state index in [9.17, 15) is 26.3 Å². The highest BCUT2D eigenvalue weighted by Crippen LogP contribution is 2.40. The Morgan fingerprint density at radius 3 is 1.85 bits per heavy atom. The fourth-order valence-electron chi connectivity index (χ4n) is 3.39. The van der Waals surface area contributed by atoms with Crippen molar-refractivity contribution in [2.75, 3.05) is 26.8 Å². The molecule has 0 aromatic rings. The second kappa shape index (κ2) is 10.3. The maximum absolute atomic E-state index is 13.2. The number of hydrogen-bond donors (Lipinski definition) is 0. The van der Waals surface area contributed by atoms with Crippen molar-refractivity contribution < 1.29 is 35.8 Å². The zero-order chi connectivity index (χ0) is 20.7. The van der Waals surface area contributed by atoms with Gasteiger partial charge in [0.25, 0.3) is 0 Å². The number of ether oxygens (including phenoxy) is 2. The lowest BCUT2D eigenvalue weighted by molar-refractivity contribution is -0.384. The molecule has 0 aromatic carbocycles. The summed E-state index contributed by atoms with van der Waals surface area (Å²) in [5.41, 5.74) is 0. The van der Waals surface area contributed by atoms with Crippen LogP contribution in [0.1, 0.15) is 58.8 Å². The molecule has 2 rings (SSSR count). The van der Waals surface area contributed by atoms with Crippen LogP contribution in [-0.2, 0) is 9.47 Å². The Hall–Kier alpha value is -0.540. The van der Waals surface area contributed by atoms with Crippen molar-refractivity contribution in [3.05, 3.63) is 0 Å². The van der Waals surface area contributed by atoms with Crippen molar-refractivity contribution >= 4 is 0 Å². The van der Waals surface area contributed by atoms with Crippen LogP contribution in [0.4, 0.5) is 26.3 Å². The van der Waals surface area contributed by atoms with Gasteiger partial charge < -0.3 is 9.47 Å². The predicted octanol–water partition coefficient (Wildman–Crippen LogP) is 5.75. The van der Waals surface area contributed by atoms with Crippen molar-refractivity contribution in [1.29, 1.82) is 0 Å². The molecule has 162 valence electrons. The minimum Gasteiger partial charge on any atom is -0.321 e. The first kappa shape index (κ1) is 24.5. The SMILES string of the molecule is CCOC(F)(F)C1CCC(C)CC1.COC(F)(F)C(F)(F)N1CCCCC1. The average molecular weight is 407 g/mol. The fourth-order valence-corrected chi connectivity index (χ4v) is 3.39. The summed E-state index contributed by atoms with van der Waals surface area (Å²) in [5, 5.41) is 0. The molecule has 1 saturated heterocycles. The zero-order valence-electron chi connectivity index (χ0n) is 16.3. The second-order valence-corrected chi connectivity index (χ2v) is 7.26. The van der Waals surface area contributed by atoms with Gasteiger partial charge in [-0.05, 0) is 38.5 Å². The summed E-state index contributed by atoms with van der Waals surface area (Å²) in [5.74, 6) is 0.0531. The number of halogens is 6. The third-order valence-electron chi connectivity index (χ3n) is 5.19. The van der Waals surface area contributed by atoms with Gasteiger partial charge >= 0.3 is 18.3 Å². The maximum atomic E-state index is 13.2. The summed E-state index contributed by atoms with van der Waals surface area (Å²) in [7, 11) is 0.581. The van der Waals surface area contributed by atoms with Gasteiger partial charge in [0.1, 0.15) is 0 Å². The van der Waals surface area contributed by atoms with Gasteiger partial charge in [-0.15, -0.1) is 0 Å². The maximum Gasteiger partial charge on any atom is 0.434 e. The van der Waals surface area contributed by atoms with Crippen LogP contribution in [0.25, 0.3) is 0 Å². The van der Waals surface area contributed by atoms with E-state index in [1.54, 1.807) is 6.92 Å². The molecule has 0 spiro atoms. The smallest absolute Gasteiger partial charge is 0.321 e. The van der Waals surface area contributed by atoms with Crippen molar-refractivity contribution in [2.45, 2.75) is 77.1 Å². The second-order valence-electron chi connectivity index (χ2n) is 7.26. The van der Waals surface area contributed by atoms with E-state index >= 15 is 0 Å². The summed E-state index contributed by atoms with van der Waals surface area (Å²) in [6.07, 6.45) is -2.42. The molecule has 1 aliphatic carbocycles. The molecule has 9 heteroatoms. The number of alkyl halides is 6. The van der Waals surface area contributed by atoms with Gasteiger partial charge in [0.15, 0.2) is 0 Å². The van der Waals surface area contributed by atoms with Crippen molar-refractivity contribution in [3.63, 3.8) is 0 Å². The van der Waals surface area contributed by atoms with Crippen LogP contribution < -0.4 is 0 Å². The Morgan fingerprint density at radius 1 is 0.889 bits per heavy atom. The van der Waals surface area contributed by atoms with Crippen molar-refractivity contribution in [1.82, 2.24) is 4.90 Å². The molecular formula is C18H31F6NO2. The molecule has 0 atom stereocenters. The van der Waals surface area contributed by atoms with Crippen LogP contribution in [0.3, 0.4) is 0 Å². The van der Waals surface area contributed by atoms with Gasteiger partial charge in [-0.3, -0.25) is 0 Å². The first-order valence-corrected chi connectivity index (χ1v) is 9.55. The van der Waals surface area contributed by atoms with Gasteiger partial charge in [-0.25, -0.2) is 4.90 Å². The van der Waals surface area contributed by atoms with Gasteiger partial charge in [0.2, 0.25) is 0 Å². The molecule has 2 aliphatic rings. The normalized spacial score (nSPS) is 25.7. The highest BCUT2D eigenvalue weighted by Gasteiger charge is 2.61. The molecule has 0 bridgehead atoms. The monoisotopic (exact) mass is 407 g/mol. The average Bonchev–Trinajstić information content (AvgIpc) is 2.63. The molecule has 0 radical (unpaired) electrons. The van der Waals surface area contributed by atoms with Gasteiger partial charge in [0.05, 0.1) is 12.5 Å². The van der Waals surface area contributed by atoms with E-state index in [0.29, 0.717) is 43.6 Å². The van der Waals surface area contributed by atoms with Crippen molar-refractivity contribution in [3.8, 4) is 0 Å². The number of methoxy groups -OCH3 is 1. The molecule has 0 amide bonds. The summed E-state index contributed by atoms with van der Waals surface area (Å²) in [6, 6.07) is -4.21. The van der Waals surface area contributed by atoms with E-state index in [4.69, 9.17) is 0 Å². The summed E-state index contributed by atoms with van der Waals surface area (Å²) < 4.78 is 86.1. The number of nitrogens with zero attached hydrogens (tertiary/aromatic N) is 1. The summed E-state index contributed by atoms with van der Waals surface area (Å²) in [4.78, 5) is 0.486. The minimum absolute atomic E-state index is 0.00799. The molecule has 1 heterocycles. The van der Waals surface area contributed by atoms with Gasteiger partial charge in [-0.2, -0.15) is 26.3 Å². The first-order valence-electron chi connectivity index (χ1n) is 9.55. The highest BCUT2D eigenvalue weighted by molar-refractivity contribution is 4.80. The van der Waals surface area contributed by atoms with E-state index in [2.05, 4.69) is 16.4 Å². The lowest BCUT2D eigenvalue weighted by Crippen LogP contribution is -2.56. The molecule has 1 saturated carbocycles. The molecule has 27 heavy (non-hydrogen) atoms. The summed E-state index contributed by atoms with van der Waals surface area (Å²) in [6.45, 7) is 3.81. The van der Waals surface area contributed by atoms with E-state index in [1.807, 2.05) is 0 Å². The topological polar surface area (TPSA) is 21.7 Å². The Labute approximate surface area is 157 Å². The number of piperidine rings is 1. The molecule has 2 fully saturated rings. The van der Waals surface area contributed by atoms with Crippen LogP contribution in [-0.4, -0.2) is 50.0 Å². The lowest BCUT2D eigenvalue weighted by Gasteiger charge is -2.36. The molecule has 3 nitrogen and oxygen atoms in total. The number of hydrogen-bond acceptors (Lipinski definition) is 3. The molecular weight excluding hydrogens is 376 g/mol. The van der Waals surface area contributed by atoms with Crippen LogP contribution in [0.15, 0.2) is 0 Å². The van der Waals surface area contributed by atoms with Crippen LogP contribution >= 0.6 is 0 Å². The van der Waals surface area contributed by atoms with Gasteiger partial charge in [0, 0.05) is 20.2 Å². The van der Waals surface area contributed by atoms with Crippen LogP contribution in [0.2, 0.25) is 0 Å². The van der Waals surface area contributed by atoms with Crippen LogP contribution in [0.5, 0.6) is 0 Å². The largest absolute Gasteiger partial charge is 0.434 e. The molecule has 0 aromatic heterocycles. The van der Waals surface area contributed by atoms with Gasteiger partial charge in [-0.1, -0.05) is 26.2 Å². The standard InChI is InChI=1S/C10H18F2O.C8H13F4NO/c1-3-13-10(11,12)9-6-4-8(2)5-7-9;1-14-8(11,12)7(9,10)13-5-3-2-4-6-13/h8-9H,3-7H2,1-2H3;2-6H2,1H3. The highest BCUT2D eigenvalue weighted by atomic mass is 19.3. The third-order valence-corrected chi connectivity index (χ3v) is 5.19. The quantitative estimate of drug-likeness (QED) is 0.414. The number of rotatable bonds is 6. The Kier molecular flexibility index (Phi) is 9.34. The molecule has 1 aliphatic heterocycles. The minimum atomic E-state index is -4.41.